The van der Waals surface area contributed by atoms with Gasteiger partial charge in [0.15, 0.2) is 5.41 Å². The Bertz CT molecular complexity index is 270. The van der Waals surface area contributed by atoms with Gasteiger partial charge in [-0.2, -0.15) is 11.8 Å². The molecule has 0 saturated heterocycles. The molecular formula is C11H20O4S. The maximum absolute atomic E-state index is 11.6. The molecule has 16 heavy (non-hydrogen) atoms. The molecule has 0 radical (unpaired) electrons. The Morgan fingerprint density at radius 2 is 1.81 bits per heavy atom. The highest BCUT2D eigenvalue weighted by Gasteiger charge is 2.46. The molecule has 94 valence electrons. The fourth-order valence-corrected chi connectivity index (χ4v) is 2.27. The Hall–Kier alpha value is -0.710. The topological polar surface area (TPSA) is 63.6 Å². The lowest BCUT2D eigenvalue weighted by Crippen LogP contribution is -2.42. The first-order valence-electron chi connectivity index (χ1n) is 5.15. The second-order valence-corrected chi connectivity index (χ2v) is 6.44. The van der Waals surface area contributed by atoms with Crippen LogP contribution in [0.2, 0.25) is 0 Å². The molecule has 0 aromatic carbocycles. The van der Waals surface area contributed by atoms with Crippen LogP contribution in [0.15, 0.2) is 0 Å². The largest absolute Gasteiger partial charge is 0.480 e. The van der Waals surface area contributed by atoms with Gasteiger partial charge in [-0.3, -0.25) is 9.59 Å². The van der Waals surface area contributed by atoms with Gasteiger partial charge in [0.25, 0.3) is 0 Å². The van der Waals surface area contributed by atoms with Crippen molar-refractivity contribution < 1.29 is 19.4 Å². The zero-order chi connectivity index (χ0) is 13.0. The number of carbonyl (C=O) groups is 2. The molecule has 0 aromatic rings. The van der Waals surface area contributed by atoms with Gasteiger partial charge >= 0.3 is 11.9 Å². The number of aliphatic carboxylic acids is 1. The van der Waals surface area contributed by atoms with Gasteiger partial charge < -0.3 is 9.84 Å². The molecule has 5 heteroatoms. The monoisotopic (exact) mass is 248 g/mol. The molecule has 4 nitrogen and oxygen atoms in total. The molecule has 0 fully saturated rings. The van der Waals surface area contributed by atoms with Crippen LogP contribution in [0.1, 0.15) is 34.1 Å². The molecule has 0 unspecified atom stereocenters. The third-order valence-corrected chi connectivity index (χ3v) is 3.84. The number of thioether (sulfide) groups is 1. The normalized spacial score (nSPS) is 15.3. The van der Waals surface area contributed by atoms with Gasteiger partial charge in [0, 0.05) is 10.5 Å². The second kappa shape index (κ2) is 5.57. The summed E-state index contributed by atoms with van der Waals surface area (Å²) in [6.07, 6.45) is 0.234. The van der Waals surface area contributed by atoms with Gasteiger partial charge in [-0.25, -0.2) is 0 Å². The molecule has 0 spiro atoms. The van der Waals surface area contributed by atoms with Crippen molar-refractivity contribution in [1.29, 1.82) is 0 Å². The van der Waals surface area contributed by atoms with E-state index in [0.29, 0.717) is 0 Å². The molecule has 0 amide bonds. The van der Waals surface area contributed by atoms with Crippen LogP contribution < -0.4 is 0 Å². The van der Waals surface area contributed by atoms with Crippen LogP contribution in [-0.4, -0.2) is 34.7 Å². The van der Waals surface area contributed by atoms with E-state index in [2.05, 4.69) is 4.74 Å². The van der Waals surface area contributed by atoms with E-state index in [4.69, 9.17) is 0 Å². The van der Waals surface area contributed by atoms with Crippen LogP contribution in [0.3, 0.4) is 0 Å². The van der Waals surface area contributed by atoms with Gasteiger partial charge in [-0.1, -0.05) is 27.7 Å². The van der Waals surface area contributed by atoms with Crippen LogP contribution in [0.25, 0.3) is 0 Å². The molecular weight excluding hydrogens is 228 g/mol. The summed E-state index contributed by atoms with van der Waals surface area (Å²) in [5.41, 5.74) is -1.42. The Balaban J connectivity index is 4.93. The zero-order valence-electron chi connectivity index (χ0n) is 10.5. The van der Waals surface area contributed by atoms with Crippen molar-refractivity contribution in [3.63, 3.8) is 0 Å². The minimum atomic E-state index is -1.42. The van der Waals surface area contributed by atoms with Crippen molar-refractivity contribution >= 4 is 23.7 Å². The molecule has 0 rings (SSSR count). The average molecular weight is 248 g/mol. The first kappa shape index (κ1) is 15.3. The van der Waals surface area contributed by atoms with Crippen LogP contribution in [0, 0.1) is 5.41 Å². The summed E-state index contributed by atoms with van der Waals surface area (Å²) >= 11 is 1.46. The fourth-order valence-electron chi connectivity index (χ4n) is 1.14. The number of hydrogen-bond acceptors (Lipinski definition) is 4. The van der Waals surface area contributed by atoms with E-state index in [-0.39, 0.29) is 16.9 Å². The number of carboxylic acid groups (broad SMARTS) is 1. The number of carbonyl (C=O) groups excluding carboxylic acids is 1. The predicted molar refractivity (Wildman–Crippen MR) is 64.6 cm³/mol. The summed E-state index contributed by atoms with van der Waals surface area (Å²) in [7, 11) is 1.22. The van der Waals surface area contributed by atoms with Crippen LogP contribution in [0.5, 0.6) is 0 Å². The molecule has 1 atom stereocenters. The molecule has 0 saturated carbocycles. The minimum absolute atomic E-state index is 0.0795. The van der Waals surface area contributed by atoms with Crippen molar-refractivity contribution in [2.45, 2.75) is 38.9 Å². The molecule has 0 aliphatic carbocycles. The molecule has 1 N–H and O–H groups in total. The van der Waals surface area contributed by atoms with E-state index >= 15 is 0 Å². The van der Waals surface area contributed by atoms with Gasteiger partial charge in [-0.05, 0) is 6.42 Å². The standard InChI is InChI=1S/C11H20O4S/c1-6-11(8(12)13,9(14)15-5)7-16-10(2,3)4/h6-7H2,1-5H3,(H,12,13)/t11-/m0/s1. The summed E-state index contributed by atoms with van der Waals surface area (Å²) in [5, 5.41) is 9.21. The van der Waals surface area contributed by atoms with Crippen molar-refractivity contribution in [3.8, 4) is 0 Å². The Morgan fingerprint density at radius 1 is 1.31 bits per heavy atom. The number of methoxy groups -OCH3 is 1. The lowest BCUT2D eigenvalue weighted by Gasteiger charge is -2.28. The number of hydrogen-bond donors (Lipinski definition) is 1. The van der Waals surface area contributed by atoms with Crippen LogP contribution >= 0.6 is 11.8 Å². The zero-order valence-corrected chi connectivity index (χ0v) is 11.3. The third-order valence-electron chi connectivity index (χ3n) is 2.34. The Morgan fingerprint density at radius 3 is 2.06 bits per heavy atom. The lowest BCUT2D eigenvalue weighted by molar-refractivity contribution is -0.165. The summed E-state index contributed by atoms with van der Waals surface area (Å²) in [5.74, 6) is -1.55. The first-order chi connectivity index (χ1) is 7.19. The van der Waals surface area contributed by atoms with E-state index in [1.165, 1.54) is 18.9 Å². The van der Waals surface area contributed by atoms with Gasteiger partial charge in [0.05, 0.1) is 7.11 Å². The van der Waals surface area contributed by atoms with E-state index in [1.807, 2.05) is 20.8 Å². The highest BCUT2D eigenvalue weighted by Crippen LogP contribution is 2.34. The highest BCUT2D eigenvalue weighted by molar-refractivity contribution is 8.00. The highest BCUT2D eigenvalue weighted by atomic mass is 32.2. The number of esters is 1. The Labute approximate surface area is 101 Å². The predicted octanol–water partition coefficient (Wildman–Crippen LogP) is 2.17. The number of carboxylic acids is 1. The van der Waals surface area contributed by atoms with Crippen LogP contribution in [-0.2, 0) is 14.3 Å². The molecule has 0 aromatic heterocycles. The van der Waals surface area contributed by atoms with Crippen molar-refractivity contribution in [2.75, 3.05) is 12.9 Å². The summed E-state index contributed by atoms with van der Waals surface area (Å²) in [4.78, 5) is 22.9. The van der Waals surface area contributed by atoms with Crippen LogP contribution in [0.4, 0.5) is 0 Å². The Kier molecular flexibility index (Phi) is 5.32. The maximum Gasteiger partial charge on any atom is 0.324 e. The summed E-state index contributed by atoms with van der Waals surface area (Å²) in [6, 6.07) is 0. The van der Waals surface area contributed by atoms with Gasteiger partial charge in [0.1, 0.15) is 0 Å². The average Bonchev–Trinajstić information content (AvgIpc) is 2.16. The first-order valence-corrected chi connectivity index (χ1v) is 6.14. The smallest absolute Gasteiger partial charge is 0.324 e. The molecule has 0 bridgehead atoms. The SMILES string of the molecule is CC[C@](CSC(C)(C)C)(C(=O)O)C(=O)OC. The van der Waals surface area contributed by atoms with Gasteiger partial charge in [-0.15, -0.1) is 0 Å². The minimum Gasteiger partial charge on any atom is -0.480 e. The molecule has 0 aliphatic heterocycles. The van der Waals surface area contributed by atoms with Crippen molar-refractivity contribution in [1.82, 2.24) is 0 Å². The number of rotatable bonds is 5. The summed E-state index contributed by atoms with van der Waals surface area (Å²) < 4.78 is 4.52. The van der Waals surface area contributed by atoms with E-state index in [9.17, 15) is 14.7 Å². The second-order valence-electron chi connectivity index (χ2n) is 4.63. The van der Waals surface area contributed by atoms with E-state index in [0.717, 1.165) is 0 Å². The van der Waals surface area contributed by atoms with Crippen molar-refractivity contribution in [3.05, 3.63) is 0 Å². The summed E-state index contributed by atoms with van der Waals surface area (Å²) in [6.45, 7) is 7.64. The molecule has 0 aliphatic rings. The van der Waals surface area contributed by atoms with E-state index < -0.39 is 17.4 Å². The van der Waals surface area contributed by atoms with Gasteiger partial charge in [0.2, 0.25) is 0 Å². The third kappa shape index (κ3) is 3.70. The molecule has 0 heterocycles. The van der Waals surface area contributed by atoms with E-state index in [1.54, 1.807) is 6.92 Å². The van der Waals surface area contributed by atoms with Crippen molar-refractivity contribution in [2.24, 2.45) is 5.41 Å². The fraction of sp³-hybridized carbons (Fsp3) is 0.818. The number of ether oxygens (including phenoxy) is 1. The quantitative estimate of drug-likeness (QED) is 0.596. The maximum atomic E-state index is 11.6. The lowest BCUT2D eigenvalue weighted by atomic mass is 9.87.